The molecule has 0 atom stereocenters. The standard InChI is InChI=1S/C12H11N3O3S/c1-7-3-2-4-8(14-7)11(16)13-5-10-15-9(6-19-10)12(17)18/h2-4,6H,5H2,1H3,(H,13,16)(H,17,18). The molecule has 0 unspecified atom stereocenters. The van der Waals surface area contributed by atoms with E-state index in [1.165, 1.54) is 16.7 Å². The van der Waals surface area contributed by atoms with Crippen LogP contribution in [0.2, 0.25) is 0 Å². The van der Waals surface area contributed by atoms with E-state index in [1.807, 2.05) is 0 Å². The van der Waals surface area contributed by atoms with Gasteiger partial charge in [0, 0.05) is 11.1 Å². The number of hydrogen-bond donors (Lipinski definition) is 2. The summed E-state index contributed by atoms with van der Waals surface area (Å²) in [5.74, 6) is -1.38. The van der Waals surface area contributed by atoms with Crippen LogP contribution in [0.4, 0.5) is 0 Å². The van der Waals surface area contributed by atoms with Gasteiger partial charge in [0.1, 0.15) is 10.7 Å². The summed E-state index contributed by atoms with van der Waals surface area (Å²) in [5.41, 5.74) is 1.08. The van der Waals surface area contributed by atoms with Crippen LogP contribution >= 0.6 is 11.3 Å². The zero-order valence-electron chi connectivity index (χ0n) is 10.1. The molecule has 0 bridgehead atoms. The molecule has 2 heterocycles. The van der Waals surface area contributed by atoms with Crippen molar-refractivity contribution in [1.29, 1.82) is 0 Å². The van der Waals surface area contributed by atoms with Gasteiger partial charge in [-0.15, -0.1) is 11.3 Å². The van der Waals surface area contributed by atoms with Gasteiger partial charge in [-0.1, -0.05) is 6.07 Å². The molecular weight excluding hydrogens is 266 g/mol. The smallest absolute Gasteiger partial charge is 0.355 e. The zero-order chi connectivity index (χ0) is 13.8. The molecule has 0 aliphatic heterocycles. The molecule has 2 N–H and O–H groups in total. The van der Waals surface area contributed by atoms with Crippen molar-refractivity contribution in [2.24, 2.45) is 0 Å². The van der Waals surface area contributed by atoms with Crippen molar-refractivity contribution in [3.8, 4) is 0 Å². The van der Waals surface area contributed by atoms with Gasteiger partial charge in [0.25, 0.3) is 5.91 Å². The molecule has 2 rings (SSSR count). The molecule has 98 valence electrons. The number of nitrogens with zero attached hydrogens (tertiary/aromatic N) is 2. The van der Waals surface area contributed by atoms with Crippen LogP contribution in [0.3, 0.4) is 0 Å². The van der Waals surface area contributed by atoms with E-state index >= 15 is 0 Å². The maximum atomic E-state index is 11.8. The lowest BCUT2D eigenvalue weighted by Gasteiger charge is -2.02. The van der Waals surface area contributed by atoms with Crippen molar-refractivity contribution in [3.63, 3.8) is 0 Å². The summed E-state index contributed by atoms with van der Waals surface area (Å²) in [7, 11) is 0. The molecule has 0 aliphatic rings. The number of carbonyl (C=O) groups excluding carboxylic acids is 1. The fraction of sp³-hybridized carbons (Fsp3) is 0.167. The van der Waals surface area contributed by atoms with Gasteiger partial charge in [-0.3, -0.25) is 4.79 Å². The molecule has 2 aromatic rings. The predicted molar refractivity (Wildman–Crippen MR) is 69.2 cm³/mol. The highest BCUT2D eigenvalue weighted by atomic mass is 32.1. The third-order valence-electron chi connectivity index (χ3n) is 2.29. The minimum atomic E-state index is -1.07. The summed E-state index contributed by atoms with van der Waals surface area (Å²) in [4.78, 5) is 30.4. The van der Waals surface area contributed by atoms with Crippen LogP contribution in [0.1, 0.15) is 31.7 Å². The molecule has 7 heteroatoms. The number of carboxylic acid groups (broad SMARTS) is 1. The molecule has 2 aromatic heterocycles. The average molecular weight is 277 g/mol. The topological polar surface area (TPSA) is 92.2 Å². The predicted octanol–water partition coefficient (Wildman–Crippen LogP) is 1.47. The molecule has 19 heavy (non-hydrogen) atoms. The van der Waals surface area contributed by atoms with E-state index in [4.69, 9.17) is 5.11 Å². The Kier molecular flexibility index (Phi) is 3.86. The molecule has 0 fully saturated rings. The van der Waals surface area contributed by atoms with Crippen LogP contribution in [-0.2, 0) is 6.54 Å². The molecule has 1 amide bonds. The number of thiazole rings is 1. The van der Waals surface area contributed by atoms with Gasteiger partial charge in [-0.05, 0) is 19.1 Å². The third kappa shape index (κ3) is 3.35. The number of aromatic carboxylic acids is 1. The van der Waals surface area contributed by atoms with Crippen molar-refractivity contribution in [1.82, 2.24) is 15.3 Å². The lowest BCUT2D eigenvalue weighted by molar-refractivity contribution is 0.0691. The molecular formula is C12H11N3O3S. The second-order valence-corrected chi connectivity index (χ2v) is 4.72. The second kappa shape index (κ2) is 5.57. The van der Waals surface area contributed by atoms with Crippen molar-refractivity contribution in [3.05, 3.63) is 45.7 Å². The van der Waals surface area contributed by atoms with Gasteiger partial charge in [0.05, 0.1) is 6.54 Å². The van der Waals surface area contributed by atoms with Gasteiger partial charge < -0.3 is 10.4 Å². The number of carbonyl (C=O) groups is 2. The van der Waals surface area contributed by atoms with Crippen molar-refractivity contribution in [2.45, 2.75) is 13.5 Å². The highest BCUT2D eigenvalue weighted by Gasteiger charge is 2.11. The number of rotatable bonds is 4. The highest BCUT2D eigenvalue weighted by Crippen LogP contribution is 2.09. The monoisotopic (exact) mass is 277 g/mol. The Morgan fingerprint density at radius 1 is 1.32 bits per heavy atom. The summed E-state index contributed by atoms with van der Waals surface area (Å²) in [6.45, 7) is 1.99. The Bertz CT molecular complexity index is 624. The maximum Gasteiger partial charge on any atom is 0.355 e. The quantitative estimate of drug-likeness (QED) is 0.883. The Morgan fingerprint density at radius 3 is 2.74 bits per heavy atom. The van der Waals surface area contributed by atoms with E-state index in [0.717, 1.165) is 5.69 Å². The average Bonchev–Trinajstić information content (AvgIpc) is 2.85. The van der Waals surface area contributed by atoms with Crippen molar-refractivity contribution < 1.29 is 14.7 Å². The van der Waals surface area contributed by atoms with E-state index < -0.39 is 5.97 Å². The lowest BCUT2D eigenvalue weighted by atomic mass is 10.3. The van der Waals surface area contributed by atoms with Crippen molar-refractivity contribution >= 4 is 23.2 Å². The fourth-order valence-electron chi connectivity index (χ4n) is 1.41. The Labute approximate surface area is 113 Å². The van der Waals surface area contributed by atoms with E-state index in [9.17, 15) is 9.59 Å². The minimum absolute atomic E-state index is 0.0112. The van der Waals surface area contributed by atoms with Crippen LogP contribution in [0.25, 0.3) is 0 Å². The Balaban J connectivity index is 1.98. The number of aromatic nitrogens is 2. The number of aryl methyl sites for hydroxylation is 1. The zero-order valence-corrected chi connectivity index (χ0v) is 10.9. The summed E-state index contributed by atoms with van der Waals surface area (Å²) in [6.07, 6.45) is 0. The van der Waals surface area contributed by atoms with Gasteiger partial charge in [-0.25, -0.2) is 14.8 Å². The first-order valence-corrected chi connectivity index (χ1v) is 6.34. The summed E-state index contributed by atoms with van der Waals surface area (Å²) < 4.78 is 0. The summed E-state index contributed by atoms with van der Waals surface area (Å²) in [5, 5.41) is 13.4. The number of carboxylic acids is 1. The molecule has 0 radical (unpaired) electrons. The number of pyridine rings is 1. The van der Waals surface area contributed by atoms with E-state index in [2.05, 4.69) is 15.3 Å². The van der Waals surface area contributed by atoms with Crippen LogP contribution in [-0.4, -0.2) is 27.0 Å². The van der Waals surface area contributed by atoms with Crippen LogP contribution in [0, 0.1) is 6.92 Å². The highest BCUT2D eigenvalue weighted by molar-refractivity contribution is 7.09. The van der Waals surface area contributed by atoms with Gasteiger partial charge in [0.2, 0.25) is 0 Å². The van der Waals surface area contributed by atoms with Gasteiger partial charge in [0.15, 0.2) is 5.69 Å². The molecule has 0 aromatic carbocycles. The normalized spacial score (nSPS) is 10.2. The molecule has 0 saturated heterocycles. The first kappa shape index (κ1) is 13.2. The lowest BCUT2D eigenvalue weighted by Crippen LogP contribution is -2.23. The van der Waals surface area contributed by atoms with Crippen LogP contribution < -0.4 is 5.32 Å². The van der Waals surface area contributed by atoms with Crippen LogP contribution in [0.5, 0.6) is 0 Å². The summed E-state index contributed by atoms with van der Waals surface area (Å²) >= 11 is 1.19. The first-order chi connectivity index (χ1) is 9.06. The van der Waals surface area contributed by atoms with E-state index in [-0.39, 0.29) is 18.1 Å². The Hall–Kier alpha value is -2.28. The van der Waals surface area contributed by atoms with Gasteiger partial charge in [-0.2, -0.15) is 0 Å². The number of nitrogens with one attached hydrogen (secondary N) is 1. The van der Waals surface area contributed by atoms with E-state index in [1.54, 1.807) is 25.1 Å². The SMILES string of the molecule is Cc1cccc(C(=O)NCc2nc(C(=O)O)cs2)n1. The molecule has 0 aliphatic carbocycles. The minimum Gasteiger partial charge on any atom is -0.476 e. The largest absolute Gasteiger partial charge is 0.476 e. The summed E-state index contributed by atoms with van der Waals surface area (Å²) in [6, 6.07) is 5.17. The first-order valence-electron chi connectivity index (χ1n) is 5.46. The van der Waals surface area contributed by atoms with Gasteiger partial charge >= 0.3 is 5.97 Å². The van der Waals surface area contributed by atoms with Crippen molar-refractivity contribution in [2.75, 3.05) is 0 Å². The van der Waals surface area contributed by atoms with Crippen LogP contribution in [0.15, 0.2) is 23.6 Å². The second-order valence-electron chi connectivity index (χ2n) is 3.78. The third-order valence-corrected chi connectivity index (χ3v) is 3.14. The van der Waals surface area contributed by atoms with E-state index in [0.29, 0.717) is 10.7 Å². The fourth-order valence-corrected chi connectivity index (χ4v) is 2.11. The maximum absolute atomic E-state index is 11.8. The number of amides is 1. The molecule has 0 saturated carbocycles. The number of hydrogen-bond acceptors (Lipinski definition) is 5. The molecule has 0 spiro atoms. The Morgan fingerprint density at radius 2 is 2.11 bits per heavy atom. The molecule has 6 nitrogen and oxygen atoms in total.